The molecule has 126 valence electrons. The molecule has 2 heterocycles. The number of rotatable bonds is 5. The van der Waals surface area contributed by atoms with E-state index in [4.69, 9.17) is 15.5 Å². The smallest absolute Gasteiger partial charge is 0.152 e. The number of aromatic nitrogens is 3. The van der Waals surface area contributed by atoms with Gasteiger partial charge in [0, 0.05) is 25.5 Å². The van der Waals surface area contributed by atoms with E-state index in [9.17, 15) is 0 Å². The number of nitrogens with zero attached hydrogens (tertiary/aromatic N) is 3. The van der Waals surface area contributed by atoms with Gasteiger partial charge in [-0.15, -0.1) is 0 Å². The lowest BCUT2D eigenvalue weighted by Gasteiger charge is -2.11. The normalized spacial score (nSPS) is 11.4. The fourth-order valence-corrected chi connectivity index (χ4v) is 3.23. The van der Waals surface area contributed by atoms with Crippen LogP contribution in [0.25, 0.3) is 21.9 Å². The maximum absolute atomic E-state index is 6.21. The first kappa shape index (κ1) is 15.6. The van der Waals surface area contributed by atoms with Crippen molar-refractivity contribution in [2.45, 2.75) is 13.0 Å². The van der Waals surface area contributed by atoms with Gasteiger partial charge in [0.2, 0.25) is 0 Å². The summed E-state index contributed by atoms with van der Waals surface area (Å²) in [5.41, 5.74) is 10.1. The van der Waals surface area contributed by atoms with Crippen molar-refractivity contribution in [2.75, 3.05) is 19.5 Å². The van der Waals surface area contributed by atoms with Crippen LogP contribution < -0.4 is 5.73 Å². The van der Waals surface area contributed by atoms with Crippen LogP contribution in [0.3, 0.4) is 0 Å². The highest BCUT2D eigenvalue weighted by Crippen LogP contribution is 2.29. The van der Waals surface area contributed by atoms with E-state index in [-0.39, 0.29) is 0 Å². The number of imidazole rings is 1. The Hall–Kier alpha value is -2.92. The fourth-order valence-electron chi connectivity index (χ4n) is 3.23. The van der Waals surface area contributed by atoms with Crippen LogP contribution in [-0.2, 0) is 17.7 Å². The standard InChI is InChI=1S/C20H20N4O/c1-25-12-11-17-23-18-19(24(17)13-14-7-3-2-4-8-14)15-9-5-6-10-16(15)22-20(18)21/h2-10H,11-13H2,1H3,(H2,21,22). The average molecular weight is 332 g/mol. The van der Waals surface area contributed by atoms with Crippen molar-refractivity contribution in [3.8, 4) is 0 Å². The van der Waals surface area contributed by atoms with Gasteiger partial charge in [-0.2, -0.15) is 0 Å². The number of nitrogen functional groups attached to an aromatic ring is 1. The Morgan fingerprint density at radius 1 is 1.00 bits per heavy atom. The summed E-state index contributed by atoms with van der Waals surface area (Å²) in [6.07, 6.45) is 0.728. The summed E-state index contributed by atoms with van der Waals surface area (Å²) in [6.45, 7) is 1.35. The zero-order valence-corrected chi connectivity index (χ0v) is 14.1. The number of nitrogens with two attached hydrogens (primary N) is 1. The van der Waals surface area contributed by atoms with Crippen LogP contribution in [0, 0.1) is 0 Å². The van der Waals surface area contributed by atoms with E-state index in [1.54, 1.807) is 7.11 Å². The van der Waals surface area contributed by atoms with E-state index >= 15 is 0 Å². The lowest BCUT2D eigenvalue weighted by atomic mass is 10.1. The Morgan fingerprint density at radius 3 is 2.56 bits per heavy atom. The van der Waals surface area contributed by atoms with Crippen molar-refractivity contribution in [3.63, 3.8) is 0 Å². The Labute approximate surface area is 146 Å². The second kappa shape index (κ2) is 6.53. The molecule has 25 heavy (non-hydrogen) atoms. The van der Waals surface area contributed by atoms with Crippen LogP contribution in [0.15, 0.2) is 54.6 Å². The third-order valence-corrected chi connectivity index (χ3v) is 4.40. The molecule has 0 saturated heterocycles. The first-order valence-corrected chi connectivity index (χ1v) is 8.34. The molecule has 0 radical (unpaired) electrons. The highest BCUT2D eigenvalue weighted by molar-refractivity contribution is 6.06. The van der Waals surface area contributed by atoms with Crippen LogP contribution in [0.2, 0.25) is 0 Å². The predicted octanol–water partition coefficient (Wildman–Crippen LogP) is 3.40. The van der Waals surface area contributed by atoms with E-state index in [1.165, 1.54) is 5.56 Å². The molecule has 0 fully saturated rings. The van der Waals surface area contributed by atoms with Gasteiger partial charge in [-0.05, 0) is 11.6 Å². The highest BCUT2D eigenvalue weighted by atomic mass is 16.5. The molecule has 0 unspecified atom stereocenters. The molecule has 2 aromatic carbocycles. The molecule has 5 heteroatoms. The second-order valence-corrected chi connectivity index (χ2v) is 6.05. The van der Waals surface area contributed by atoms with Crippen LogP contribution in [0.5, 0.6) is 0 Å². The summed E-state index contributed by atoms with van der Waals surface area (Å²) >= 11 is 0. The molecule has 0 saturated carbocycles. The van der Waals surface area contributed by atoms with E-state index in [0.717, 1.165) is 40.7 Å². The third-order valence-electron chi connectivity index (χ3n) is 4.40. The predicted molar refractivity (Wildman–Crippen MR) is 101 cm³/mol. The van der Waals surface area contributed by atoms with E-state index in [0.29, 0.717) is 12.4 Å². The molecule has 0 amide bonds. The molecule has 0 atom stereocenters. The van der Waals surface area contributed by atoms with Gasteiger partial charge in [-0.1, -0.05) is 48.5 Å². The molecule has 2 aromatic heterocycles. The lowest BCUT2D eigenvalue weighted by molar-refractivity contribution is 0.200. The summed E-state index contributed by atoms with van der Waals surface area (Å²) < 4.78 is 7.50. The zero-order valence-electron chi connectivity index (χ0n) is 14.1. The Kier molecular flexibility index (Phi) is 4.07. The quantitative estimate of drug-likeness (QED) is 0.608. The van der Waals surface area contributed by atoms with Gasteiger partial charge in [0.05, 0.1) is 17.6 Å². The van der Waals surface area contributed by atoms with Gasteiger partial charge in [-0.25, -0.2) is 9.97 Å². The summed E-state index contributed by atoms with van der Waals surface area (Å²) in [5.74, 6) is 1.43. The second-order valence-electron chi connectivity index (χ2n) is 6.05. The number of anilines is 1. The summed E-state index contributed by atoms with van der Waals surface area (Å²) in [5, 5.41) is 1.07. The minimum absolute atomic E-state index is 0.471. The molecule has 2 N–H and O–H groups in total. The van der Waals surface area contributed by atoms with Gasteiger partial charge < -0.3 is 15.0 Å². The fraction of sp³-hybridized carbons (Fsp3) is 0.200. The molecular weight excluding hydrogens is 312 g/mol. The molecular formula is C20H20N4O. The molecule has 4 aromatic rings. The summed E-state index contributed by atoms with van der Waals surface area (Å²) in [4.78, 5) is 9.31. The lowest BCUT2D eigenvalue weighted by Crippen LogP contribution is -2.08. The molecule has 0 bridgehead atoms. The molecule has 4 rings (SSSR count). The number of para-hydroxylation sites is 1. The van der Waals surface area contributed by atoms with Crippen molar-refractivity contribution in [3.05, 3.63) is 66.0 Å². The third kappa shape index (κ3) is 2.83. The minimum Gasteiger partial charge on any atom is -0.384 e. The van der Waals surface area contributed by atoms with Crippen molar-refractivity contribution in [1.29, 1.82) is 0 Å². The minimum atomic E-state index is 0.471. The van der Waals surface area contributed by atoms with Gasteiger partial charge in [0.15, 0.2) is 5.82 Å². The molecule has 0 aliphatic heterocycles. The first-order valence-electron chi connectivity index (χ1n) is 8.34. The monoisotopic (exact) mass is 332 g/mol. The Bertz CT molecular complexity index is 1020. The number of fused-ring (bicyclic) bond motifs is 3. The first-order chi connectivity index (χ1) is 12.3. The molecule has 0 spiro atoms. The SMILES string of the molecule is COCCc1nc2c(N)nc3ccccc3c2n1Cc1ccccc1. The number of ether oxygens (including phenoxy) is 1. The molecule has 0 aliphatic carbocycles. The van der Waals surface area contributed by atoms with Gasteiger partial charge in [-0.3, -0.25) is 0 Å². The van der Waals surface area contributed by atoms with Crippen molar-refractivity contribution in [1.82, 2.24) is 14.5 Å². The van der Waals surface area contributed by atoms with E-state index < -0.39 is 0 Å². The van der Waals surface area contributed by atoms with E-state index in [1.807, 2.05) is 24.3 Å². The number of hydrogen-bond acceptors (Lipinski definition) is 4. The van der Waals surface area contributed by atoms with Crippen LogP contribution >= 0.6 is 0 Å². The van der Waals surface area contributed by atoms with Crippen LogP contribution in [-0.4, -0.2) is 28.3 Å². The average Bonchev–Trinajstić information content (AvgIpc) is 3.00. The van der Waals surface area contributed by atoms with E-state index in [2.05, 4.69) is 39.9 Å². The van der Waals surface area contributed by atoms with Gasteiger partial charge >= 0.3 is 0 Å². The molecule has 5 nitrogen and oxygen atoms in total. The van der Waals surface area contributed by atoms with Crippen molar-refractivity contribution >= 4 is 27.8 Å². The van der Waals surface area contributed by atoms with Gasteiger partial charge in [0.1, 0.15) is 11.3 Å². The van der Waals surface area contributed by atoms with Crippen LogP contribution in [0.4, 0.5) is 5.82 Å². The maximum Gasteiger partial charge on any atom is 0.152 e. The number of hydrogen-bond donors (Lipinski definition) is 1. The summed E-state index contributed by atoms with van der Waals surface area (Å²) in [6, 6.07) is 18.4. The Morgan fingerprint density at radius 2 is 1.76 bits per heavy atom. The number of pyridine rings is 1. The maximum atomic E-state index is 6.21. The van der Waals surface area contributed by atoms with Crippen molar-refractivity contribution < 1.29 is 4.74 Å². The Balaban J connectivity index is 1.98. The summed E-state index contributed by atoms with van der Waals surface area (Å²) in [7, 11) is 1.70. The topological polar surface area (TPSA) is 66.0 Å². The number of benzene rings is 2. The van der Waals surface area contributed by atoms with Gasteiger partial charge in [0.25, 0.3) is 0 Å². The largest absolute Gasteiger partial charge is 0.384 e. The zero-order chi connectivity index (χ0) is 17.2. The van der Waals surface area contributed by atoms with Crippen molar-refractivity contribution in [2.24, 2.45) is 0 Å². The number of methoxy groups -OCH3 is 1. The van der Waals surface area contributed by atoms with Crippen LogP contribution in [0.1, 0.15) is 11.4 Å². The highest BCUT2D eigenvalue weighted by Gasteiger charge is 2.17. The molecule has 0 aliphatic rings.